The monoisotopic (exact) mass is 715 g/mol. The smallest absolute Gasteiger partial charge is 0.272 e. The molecule has 1 heterocycles. The number of nitrogens with zero attached hydrogens (tertiary/aromatic N) is 2. The van der Waals surface area contributed by atoms with Crippen LogP contribution in [-0.2, 0) is 14.4 Å². The number of thioether (sulfide) groups is 1. The summed E-state index contributed by atoms with van der Waals surface area (Å²) in [6.07, 6.45) is 1.65. The number of hydrazone groups is 1. The minimum Gasteiger partial charge on any atom is -0.321 e. The summed E-state index contributed by atoms with van der Waals surface area (Å²) in [6, 6.07) is 47.8. The summed E-state index contributed by atoms with van der Waals surface area (Å²) in [5.41, 5.74) is 3.17. The van der Waals surface area contributed by atoms with E-state index in [1.807, 2.05) is 109 Å². The normalized spacial score (nSPS) is 13.3. The highest BCUT2D eigenvalue weighted by molar-refractivity contribution is 8.00. The van der Waals surface area contributed by atoms with Gasteiger partial charge in [-0.25, -0.2) is 0 Å². The maximum atomic E-state index is 13.8. The molecular weight excluding hydrogens is 683 g/mol. The summed E-state index contributed by atoms with van der Waals surface area (Å²) in [7, 11) is 0. The van der Waals surface area contributed by atoms with Crippen molar-refractivity contribution in [3.8, 4) is 0 Å². The fourth-order valence-corrected chi connectivity index (χ4v) is 6.83. The van der Waals surface area contributed by atoms with E-state index >= 15 is 0 Å². The predicted molar refractivity (Wildman–Crippen MR) is 210 cm³/mol. The Labute approximate surface area is 310 Å². The molecule has 1 aliphatic heterocycles. The summed E-state index contributed by atoms with van der Waals surface area (Å²) in [5.74, 6) is -1.19. The number of fused-ring (bicyclic) bond motifs is 1. The van der Waals surface area contributed by atoms with Crippen LogP contribution in [0.1, 0.15) is 33.2 Å². The minimum absolute atomic E-state index is 0.0239. The van der Waals surface area contributed by atoms with E-state index in [4.69, 9.17) is 0 Å². The average molecular weight is 716 g/mol. The largest absolute Gasteiger partial charge is 0.321 e. The molecule has 0 radical (unpaired) electrons. The van der Waals surface area contributed by atoms with Crippen LogP contribution in [0.15, 0.2) is 173 Å². The lowest BCUT2D eigenvalue weighted by atomic mass is 10.0. The predicted octanol–water partition coefficient (Wildman–Crippen LogP) is 7.95. The molecule has 0 aromatic heterocycles. The van der Waals surface area contributed by atoms with Crippen molar-refractivity contribution in [1.29, 1.82) is 0 Å². The Morgan fingerprint density at radius 2 is 1.34 bits per heavy atom. The molecule has 10 heteroatoms. The van der Waals surface area contributed by atoms with Gasteiger partial charge in [-0.3, -0.25) is 19.2 Å². The van der Waals surface area contributed by atoms with E-state index in [2.05, 4.69) is 21.1 Å². The van der Waals surface area contributed by atoms with E-state index in [9.17, 15) is 19.2 Å². The van der Waals surface area contributed by atoms with Crippen LogP contribution >= 0.6 is 11.8 Å². The fraction of sp³-hybridized carbons (Fsp3) is 0.0465. The minimum atomic E-state index is -0.663. The lowest BCUT2D eigenvalue weighted by molar-refractivity contribution is -0.119. The second-order valence-electron chi connectivity index (χ2n) is 12.1. The van der Waals surface area contributed by atoms with E-state index < -0.39 is 17.1 Å². The standard InChI is InChI=1S/C43H33N5O4S/c49-39-28-38(47-48(39)34-20-8-3-9-21-34)46-43(52)40(30-14-4-1-5-15-30)53-35-25-23-33(24-26-35)44-42(51)37(45-41(50)31-16-6-2-7-17-31)27-32-19-12-18-29-13-10-11-22-36(29)32/h1-27,40H,28H2,(H,44,51)(H,45,50)(H,46,47,52)/b37-27-. The van der Waals surface area contributed by atoms with E-state index in [-0.39, 0.29) is 29.8 Å². The summed E-state index contributed by atoms with van der Waals surface area (Å²) in [6.45, 7) is 0. The number of para-hydroxylation sites is 1. The summed E-state index contributed by atoms with van der Waals surface area (Å²) >= 11 is 1.33. The second kappa shape index (κ2) is 16.1. The zero-order valence-corrected chi connectivity index (χ0v) is 29.1. The van der Waals surface area contributed by atoms with Gasteiger partial charge in [0.25, 0.3) is 17.7 Å². The van der Waals surface area contributed by atoms with Crippen LogP contribution in [0, 0.1) is 0 Å². The van der Waals surface area contributed by atoms with Gasteiger partial charge in [0.05, 0.1) is 12.1 Å². The number of rotatable bonds is 10. The molecule has 0 spiro atoms. The maximum absolute atomic E-state index is 13.8. The highest BCUT2D eigenvalue weighted by atomic mass is 32.2. The molecule has 0 aliphatic carbocycles. The third kappa shape index (κ3) is 8.41. The van der Waals surface area contributed by atoms with Gasteiger partial charge >= 0.3 is 0 Å². The molecule has 4 amide bonds. The highest BCUT2D eigenvalue weighted by Crippen LogP contribution is 2.36. The zero-order chi connectivity index (χ0) is 36.6. The van der Waals surface area contributed by atoms with Crippen LogP contribution in [0.25, 0.3) is 16.8 Å². The van der Waals surface area contributed by atoms with Gasteiger partial charge in [-0.2, -0.15) is 10.1 Å². The number of hydrogen-bond donors (Lipinski definition) is 3. The Morgan fingerprint density at radius 1 is 0.698 bits per heavy atom. The molecule has 3 N–H and O–H groups in total. The first-order chi connectivity index (χ1) is 25.9. The van der Waals surface area contributed by atoms with Gasteiger partial charge in [0.1, 0.15) is 16.8 Å². The van der Waals surface area contributed by atoms with Gasteiger partial charge in [-0.15, -0.1) is 11.8 Å². The van der Waals surface area contributed by atoms with Crippen LogP contribution in [0.4, 0.5) is 11.4 Å². The Morgan fingerprint density at radius 3 is 2.08 bits per heavy atom. The molecule has 6 aromatic rings. The quantitative estimate of drug-likeness (QED) is 0.0983. The van der Waals surface area contributed by atoms with Crippen molar-refractivity contribution < 1.29 is 19.2 Å². The van der Waals surface area contributed by atoms with Crippen molar-refractivity contribution in [3.63, 3.8) is 0 Å². The van der Waals surface area contributed by atoms with E-state index in [1.165, 1.54) is 16.8 Å². The first-order valence-corrected chi connectivity index (χ1v) is 17.7. The van der Waals surface area contributed by atoms with E-state index in [0.29, 0.717) is 16.9 Å². The molecule has 260 valence electrons. The maximum Gasteiger partial charge on any atom is 0.272 e. The van der Waals surface area contributed by atoms with Crippen LogP contribution in [0.5, 0.6) is 0 Å². The van der Waals surface area contributed by atoms with E-state index in [1.54, 1.807) is 54.6 Å². The first-order valence-electron chi connectivity index (χ1n) is 16.9. The molecule has 7 rings (SSSR count). The van der Waals surface area contributed by atoms with Gasteiger partial charge in [0.2, 0.25) is 5.91 Å². The Hall–Kier alpha value is -6.78. The zero-order valence-electron chi connectivity index (χ0n) is 28.3. The average Bonchev–Trinajstić information content (AvgIpc) is 3.57. The Balaban J connectivity index is 1.09. The third-order valence-corrected chi connectivity index (χ3v) is 9.67. The number of amides is 4. The summed E-state index contributed by atoms with van der Waals surface area (Å²) in [4.78, 5) is 54.2. The Kier molecular flexibility index (Phi) is 10.5. The van der Waals surface area contributed by atoms with Crippen molar-refractivity contribution in [2.24, 2.45) is 5.10 Å². The summed E-state index contributed by atoms with van der Waals surface area (Å²) < 4.78 is 0. The van der Waals surface area contributed by atoms with Crippen molar-refractivity contribution in [3.05, 3.63) is 180 Å². The van der Waals surface area contributed by atoms with Crippen molar-refractivity contribution in [2.45, 2.75) is 16.6 Å². The molecule has 1 unspecified atom stereocenters. The molecule has 1 atom stereocenters. The molecule has 0 fully saturated rings. The number of hydrogen-bond acceptors (Lipinski definition) is 6. The fourth-order valence-electron chi connectivity index (χ4n) is 5.80. The van der Waals surface area contributed by atoms with Crippen molar-refractivity contribution in [1.82, 2.24) is 10.6 Å². The Bertz CT molecular complexity index is 2340. The van der Waals surface area contributed by atoms with Gasteiger partial charge in [0, 0.05) is 16.1 Å². The lowest BCUT2D eigenvalue weighted by Crippen LogP contribution is -2.33. The number of amidine groups is 1. The molecule has 53 heavy (non-hydrogen) atoms. The van der Waals surface area contributed by atoms with Crippen LogP contribution in [0.3, 0.4) is 0 Å². The molecular formula is C43H33N5O4S. The highest BCUT2D eigenvalue weighted by Gasteiger charge is 2.29. The molecule has 0 saturated heterocycles. The van der Waals surface area contributed by atoms with Crippen LogP contribution < -0.4 is 21.0 Å². The first kappa shape index (κ1) is 34.7. The van der Waals surface area contributed by atoms with Crippen molar-refractivity contribution >= 4 is 69.4 Å². The molecule has 1 aliphatic rings. The SMILES string of the molecule is O=C(Nc1ccc(SC(C(=O)NC2=NN(c3ccccc3)C(=O)C2)c2ccccc2)cc1)/C(=C/c1cccc2ccccc12)NC(=O)c1ccccc1. The number of benzene rings is 6. The van der Waals surface area contributed by atoms with Crippen LogP contribution in [-0.4, -0.2) is 29.5 Å². The lowest BCUT2D eigenvalue weighted by Gasteiger charge is -2.17. The number of nitrogens with one attached hydrogen (secondary N) is 3. The van der Waals surface area contributed by atoms with Gasteiger partial charge < -0.3 is 16.0 Å². The topological polar surface area (TPSA) is 120 Å². The van der Waals surface area contributed by atoms with E-state index in [0.717, 1.165) is 26.8 Å². The third-order valence-electron chi connectivity index (χ3n) is 8.40. The molecule has 0 bridgehead atoms. The van der Waals surface area contributed by atoms with Gasteiger partial charge in [-0.05, 0) is 76.5 Å². The number of anilines is 2. The molecule has 6 aromatic carbocycles. The van der Waals surface area contributed by atoms with Crippen molar-refractivity contribution in [2.75, 3.05) is 10.3 Å². The molecule has 0 saturated carbocycles. The van der Waals surface area contributed by atoms with Crippen LogP contribution in [0.2, 0.25) is 0 Å². The number of carbonyl (C=O) groups excluding carboxylic acids is 4. The number of carbonyl (C=O) groups is 4. The van der Waals surface area contributed by atoms with Gasteiger partial charge in [0.15, 0.2) is 0 Å². The molecule has 9 nitrogen and oxygen atoms in total. The van der Waals surface area contributed by atoms with Gasteiger partial charge in [-0.1, -0.05) is 109 Å². The summed E-state index contributed by atoms with van der Waals surface area (Å²) in [5, 5.41) is 15.5. The second-order valence-corrected chi connectivity index (χ2v) is 13.3.